The molecule has 1 unspecified atom stereocenters. The summed E-state index contributed by atoms with van der Waals surface area (Å²) in [4.78, 5) is 22.0. The summed E-state index contributed by atoms with van der Waals surface area (Å²) in [6.45, 7) is 9.19. The quantitative estimate of drug-likeness (QED) is 0.328. The van der Waals surface area contributed by atoms with Gasteiger partial charge >= 0.3 is 11.9 Å². The van der Waals surface area contributed by atoms with Gasteiger partial charge in [-0.1, -0.05) is 32.9 Å². The average molecular weight is 268 g/mol. The summed E-state index contributed by atoms with van der Waals surface area (Å²) in [5.41, 5.74) is 0. The third-order valence-electron chi connectivity index (χ3n) is 2.66. The van der Waals surface area contributed by atoms with E-state index >= 15 is 0 Å². The van der Waals surface area contributed by atoms with Crippen LogP contribution in [0.4, 0.5) is 0 Å². The van der Waals surface area contributed by atoms with E-state index in [0.717, 1.165) is 44.6 Å². The number of carbonyl (C=O) groups excluding carboxylic acids is 2. The van der Waals surface area contributed by atoms with Crippen LogP contribution in [0.1, 0.15) is 45.4 Å². The van der Waals surface area contributed by atoms with E-state index < -0.39 is 5.97 Å². The van der Waals surface area contributed by atoms with Gasteiger partial charge in [0.2, 0.25) is 0 Å². The first-order valence-electron chi connectivity index (χ1n) is 6.76. The summed E-state index contributed by atoms with van der Waals surface area (Å²) in [5, 5.41) is 0. The van der Waals surface area contributed by atoms with Crippen molar-refractivity contribution in [2.75, 3.05) is 6.61 Å². The lowest BCUT2D eigenvalue weighted by Gasteiger charge is -2.16. The van der Waals surface area contributed by atoms with Gasteiger partial charge in [0.15, 0.2) is 0 Å². The lowest BCUT2D eigenvalue weighted by atomic mass is 10.1. The topological polar surface area (TPSA) is 52.6 Å². The highest BCUT2D eigenvalue weighted by molar-refractivity contribution is 5.81. The highest BCUT2D eigenvalue weighted by atomic mass is 16.5. The fourth-order valence-corrected chi connectivity index (χ4v) is 1.61. The number of esters is 2. The molecule has 0 radical (unpaired) electrons. The molecule has 0 aliphatic carbocycles. The molecule has 0 amide bonds. The summed E-state index contributed by atoms with van der Waals surface area (Å²) in [7, 11) is 0. The Bertz CT molecular complexity index is 297. The van der Waals surface area contributed by atoms with Gasteiger partial charge in [-0.2, -0.15) is 0 Å². The van der Waals surface area contributed by atoms with Crippen molar-refractivity contribution in [3.8, 4) is 0 Å². The number of ether oxygens (including phenoxy) is 2. The lowest BCUT2D eigenvalue weighted by molar-refractivity contribution is -0.143. The van der Waals surface area contributed by atoms with Gasteiger partial charge in [-0.3, -0.25) is 0 Å². The standard InChI is InChI=1S/C15H24O4/c1-4-7-10-13(19-15(17)6-3)11-8-9-12-18-14(16)5-2/h5-6,13H,2-4,7-12H2,1H3. The summed E-state index contributed by atoms with van der Waals surface area (Å²) < 4.78 is 10.1. The number of hydrogen-bond acceptors (Lipinski definition) is 4. The molecule has 0 rings (SSSR count). The normalized spacial score (nSPS) is 11.4. The zero-order chi connectivity index (χ0) is 14.5. The Labute approximate surface area is 115 Å². The average Bonchev–Trinajstić information content (AvgIpc) is 2.43. The monoisotopic (exact) mass is 268 g/mol. The molecule has 0 bridgehead atoms. The van der Waals surface area contributed by atoms with Gasteiger partial charge in [-0.05, 0) is 25.7 Å². The van der Waals surface area contributed by atoms with Gasteiger partial charge in [-0.25, -0.2) is 9.59 Å². The second-order valence-electron chi connectivity index (χ2n) is 4.27. The Morgan fingerprint density at radius 2 is 1.68 bits per heavy atom. The minimum atomic E-state index is -0.402. The van der Waals surface area contributed by atoms with E-state index in [0.29, 0.717) is 6.61 Å². The first kappa shape index (κ1) is 17.4. The van der Waals surface area contributed by atoms with E-state index in [-0.39, 0.29) is 12.1 Å². The summed E-state index contributed by atoms with van der Waals surface area (Å²) in [5.74, 6) is -0.778. The first-order chi connectivity index (χ1) is 9.13. The molecule has 0 heterocycles. The van der Waals surface area contributed by atoms with Crippen molar-refractivity contribution >= 4 is 11.9 Å². The van der Waals surface area contributed by atoms with Gasteiger partial charge in [0.25, 0.3) is 0 Å². The van der Waals surface area contributed by atoms with Crippen LogP contribution in [-0.2, 0) is 19.1 Å². The maximum absolute atomic E-state index is 11.2. The zero-order valence-corrected chi connectivity index (χ0v) is 11.7. The molecule has 0 aliphatic heterocycles. The molecule has 0 saturated carbocycles. The molecule has 0 aromatic heterocycles. The number of unbranched alkanes of at least 4 members (excludes halogenated alkanes) is 2. The number of carbonyl (C=O) groups is 2. The Balaban J connectivity index is 3.84. The minimum absolute atomic E-state index is 0.0689. The Hall–Kier alpha value is -1.58. The molecule has 108 valence electrons. The maximum atomic E-state index is 11.2. The van der Waals surface area contributed by atoms with Crippen LogP contribution in [0.3, 0.4) is 0 Å². The van der Waals surface area contributed by atoms with E-state index in [1.807, 2.05) is 0 Å². The van der Waals surface area contributed by atoms with Crippen LogP contribution in [0.15, 0.2) is 25.3 Å². The van der Waals surface area contributed by atoms with Gasteiger partial charge in [0.1, 0.15) is 6.10 Å². The molecule has 0 aliphatic rings. The Morgan fingerprint density at radius 1 is 1.05 bits per heavy atom. The van der Waals surface area contributed by atoms with Crippen molar-refractivity contribution in [2.24, 2.45) is 0 Å². The Kier molecular flexibility index (Phi) is 10.6. The second kappa shape index (κ2) is 11.5. The molecule has 4 heteroatoms. The molecule has 0 aromatic carbocycles. The van der Waals surface area contributed by atoms with Crippen molar-refractivity contribution in [1.29, 1.82) is 0 Å². The lowest BCUT2D eigenvalue weighted by Crippen LogP contribution is -2.17. The molecule has 1 atom stereocenters. The van der Waals surface area contributed by atoms with Gasteiger partial charge in [-0.15, -0.1) is 0 Å². The first-order valence-corrected chi connectivity index (χ1v) is 6.76. The van der Waals surface area contributed by atoms with Gasteiger partial charge < -0.3 is 9.47 Å². The summed E-state index contributed by atoms with van der Waals surface area (Å²) >= 11 is 0. The van der Waals surface area contributed by atoms with Crippen molar-refractivity contribution in [3.63, 3.8) is 0 Å². The SMILES string of the molecule is C=CC(=O)OCCCCC(CCCC)OC(=O)C=C. The molecule has 0 spiro atoms. The maximum Gasteiger partial charge on any atom is 0.330 e. The largest absolute Gasteiger partial charge is 0.463 e. The minimum Gasteiger partial charge on any atom is -0.463 e. The predicted octanol–water partition coefficient (Wildman–Crippen LogP) is 3.17. The summed E-state index contributed by atoms with van der Waals surface area (Å²) in [6, 6.07) is 0. The molecule has 19 heavy (non-hydrogen) atoms. The van der Waals surface area contributed by atoms with Crippen LogP contribution in [-0.4, -0.2) is 24.6 Å². The highest BCUT2D eigenvalue weighted by Gasteiger charge is 2.11. The second-order valence-corrected chi connectivity index (χ2v) is 4.27. The number of rotatable bonds is 11. The zero-order valence-electron chi connectivity index (χ0n) is 11.7. The van der Waals surface area contributed by atoms with Crippen LogP contribution in [0.2, 0.25) is 0 Å². The highest BCUT2D eigenvalue weighted by Crippen LogP contribution is 2.13. The molecule has 0 fully saturated rings. The van der Waals surface area contributed by atoms with E-state index in [4.69, 9.17) is 9.47 Å². The van der Waals surface area contributed by atoms with E-state index in [2.05, 4.69) is 20.1 Å². The third kappa shape index (κ3) is 10.1. The van der Waals surface area contributed by atoms with Crippen molar-refractivity contribution < 1.29 is 19.1 Å². The van der Waals surface area contributed by atoms with Crippen molar-refractivity contribution in [3.05, 3.63) is 25.3 Å². The molecular formula is C15H24O4. The number of hydrogen-bond donors (Lipinski definition) is 0. The van der Waals surface area contributed by atoms with Crippen LogP contribution >= 0.6 is 0 Å². The van der Waals surface area contributed by atoms with Crippen LogP contribution in [0.25, 0.3) is 0 Å². The molecule has 0 saturated heterocycles. The summed E-state index contributed by atoms with van der Waals surface area (Å²) in [6.07, 6.45) is 7.62. The molecular weight excluding hydrogens is 244 g/mol. The predicted molar refractivity (Wildman–Crippen MR) is 74.6 cm³/mol. The van der Waals surface area contributed by atoms with Crippen molar-refractivity contribution in [2.45, 2.75) is 51.6 Å². The molecule has 0 aromatic rings. The van der Waals surface area contributed by atoms with Crippen LogP contribution in [0.5, 0.6) is 0 Å². The van der Waals surface area contributed by atoms with E-state index in [9.17, 15) is 9.59 Å². The fourth-order valence-electron chi connectivity index (χ4n) is 1.61. The van der Waals surface area contributed by atoms with E-state index in [1.165, 1.54) is 6.08 Å². The fraction of sp³-hybridized carbons (Fsp3) is 0.600. The van der Waals surface area contributed by atoms with Gasteiger partial charge in [0.05, 0.1) is 6.61 Å². The van der Waals surface area contributed by atoms with E-state index in [1.54, 1.807) is 0 Å². The molecule has 4 nitrogen and oxygen atoms in total. The van der Waals surface area contributed by atoms with Crippen LogP contribution < -0.4 is 0 Å². The third-order valence-corrected chi connectivity index (χ3v) is 2.66. The van der Waals surface area contributed by atoms with Gasteiger partial charge in [0, 0.05) is 12.2 Å². The molecule has 0 N–H and O–H groups in total. The smallest absolute Gasteiger partial charge is 0.330 e. The Morgan fingerprint density at radius 3 is 2.26 bits per heavy atom. The van der Waals surface area contributed by atoms with Crippen molar-refractivity contribution in [1.82, 2.24) is 0 Å². The van der Waals surface area contributed by atoms with Crippen LogP contribution in [0, 0.1) is 0 Å².